The zero-order valence-electron chi connectivity index (χ0n) is 14.4. The molecule has 1 amide bonds. The second kappa shape index (κ2) is 8.97. The number of carbonyl (C=O) groups is 1. The van der Waals surface area contributed by atoms with E-state index in [1.165, 1.54) is 38.9 Å². The van der Waals surface area contributed by atoms with E-state index in [-0.39, 0.29) is 0 Å². The van der Waals surface area contributed by atoms with Crippen molar-refractivity contribution in [3.8, 4) is 0 Å². The Morgan fingerprint density at radius 1 is 0.696 bits per heavy atom. The number of ether oxygens (including phenoxy) is 1. The van der Waals surface area contributed by atoms with Gasteiger partial charge in [0, 0.05) is 52.4 Å². The predicted octanol–water partition coefficient (Wildman–Crippen LogP) is -0.0513. The standard InChI is InChI=1S/C17H32N4O2/c22-17(16-20-12-14-23-15-13-20)21-10-8-19(9-11-21)7-6-18-4-2-1-3-5-18/h1-16H2. The van der Waals surface area contributed by atoms with E-state index in [1.54, 1.807) is 0 Å². The molecule has 0 aromatic carbocycles. The first-order valence-corrected chi connectivity index (χ1v) is 9.34. The van der Waals surface area contributed by atoms with Crippen molar-refractivity contribution in [1.29, 1.82) is 0 Å². The van der Waals surface area contributed by atoms with Crippen LogP contribution in [0.2, 0.25) is 0 Å². The highest BCUT2D eigenvalue weighted by molar-refractivity contribution is 5.78. The average molecular weight is 324 g/mol. The van der Waals surface area contributed by atoms with Gasteiger partial charge in [0.1, 0.15) is 0 Å². The van der Waals surface area contributed by atoms with Gasteiger partial charge in [0.25, 0.3) is 0 Å². The minimum Gasteiger partial charge on any atom is -0.379 e. The fourth-order valence-electron chi connectivity index (χ4n) is 3.74. The van der Waals surface area contributed by atoms with Crippen molar-refractivity contribution in [1.82, 2.24) is 19.6 Å². The van der Waals surface area contributed by atoms with Gasteiger partial charge in [-0.05, 0) is 25.9 Å². The summed E-state index contributed by atoms with van der Waals surface area (Å²) in [6, 6.07) is 0. The third-order valence-corrected chi connectivity index (χ3v) is 5.37. The molecule has 0 unspecified atom stereocenters. The van der Waals surface area contributed by atoms with Gasteiger partial charge in [-0.25, -0.2) is 0 Å². The summed E-state index contributed by atoms with van der Waals surface area (Å²) in [5.74, 6) is 0.294. The molecule has 0 aromatic heterocycles. The number of hydrogen-bond acceptors (Lipinski definition) is 5. The smallest absolute Gasteiger partial charge is 0.236 e. The van der Waals surface area contributed by atoms with Gasteiger partial charge in [0.2, 0.25) is 5.91 Å². The first kappa shape index (κ1) is 17.1. The van der Waals surface area contributed by atoms with Crippen molar-refractivity contribution in [2.75, 3.05) is 85.2 Å². The van der Waals surface area contributed by atoms with Crippen LogP contribution >= 0.6 is 0 Å². The highest BCUT2D eigenvalue weighted by Gasteiger charge is 2.23. The number of carbonyl (C=O) groups excluding carboxylic acids is 1. The number of piperazine rings is 1. The summed E-state index contributed by atoms with van der Waals surface area (Å²) in [4.78, 5) is 21.8. The van der Waals surface area contributed by atoms with Gasteiger partial charge in [0.05, 0.1) is 19.8 Å². The Bertz CT molecular complexity index is 360. The van der Waals surface area contributed by atoms with Crippen LogP contribution in [-0.4, -0.2) is 111 Å². The Balaban J connectivity index is 1.32. The Morgan fingerprint density at radius 2 is 1.30 bits per heavy atom. The Kier molecular flexibility index (Phi) is 6.68. The average Bonchev–Trinajstić information content (AvgIpc) is 2.62. The molecule has 6 heteroatoms. The molecule has 0 radical (unpaired) electrons. The van der Waals surface area contributed by atoms with Crippen LogP contribution in [0.25, 0.3) is 0 Å². The van der Waals surface area contributed by atoms with Gasteiger partial charge >= 0.3 is 0 Å². The van der Waals surface area contributed by atoms with Gasteiger partial charge in [-0.15, -0.1) is 0 Å². The van der Waals surface area contributed by atoms with E-state index in [1.807, 2.05) is 4.90 Å². The van der Waals surface area contributed by atoms with Crippen LogP contribution in [-0.2, 0) is 9.53 Å². The fraction of sp³-hybridized carbons (Fsp3) is 0.941. The van der Waals surface area contributed by atoms with Crippen molar-refractivity contribution in [3.63, 3.8) is 0 Å². The van der Waals surface area contributed by atoms with Crippen LogP contribution in [0.15, 0.2) is 0 Å². The van der Waals surface area contributed by atoms with Gasteiger partial charge in [0.15, 0.2) is 0 Å². The van der Waals surface area contributed by atoms with E-state index in [0.29, 0.717) is 12.5 Å². The van der Waals surface area contributed by atoms with Crippen molar-refractivity contribution >= 4 is 5.91 Å². The summed E-state index contributed by atoms with van der Waals surface area (Å²) in [5.41, 5.74) is 0. The lowest BCUT2D eigenvalue weighted by atomic mass is 10.1. The molecule has 3 heterocycles. The summed E-state index contributed by atoms with van der Waals surface area (Å²) in [6.07, 6.45) is 4.13. The predicted molar refractivity (Wildman–Crippen MR) is 90.6 cm³/mol. The molecule has 3 rings (SSSR count). The van der Waals surface area contributed by atoms with Crippen molar-refractivity contribution in [3.05, 3.63) is 0 Å². The monoisotopic (exact) mass is 324 g/mol. The summed E-state index contributed by atoms with van der Waals surface area (Å²) in [5, 5.41) is 0. The quantitative estimate of drug-likeness (QED) is 0.709. The number of morpholine rings is 1. The zero-order chi connectivity index (χ0) is 15.9. The molecule has 0 aromatic rings. The maximum atomic E-state index is 12.4. The largest absolute Gasteiger partial charge is 0.379 e. The molecule has 0 aliphatic carbocycles. The lowest BCUT2D eigenvalue weighted by Crippen LogP contribution is -2.53. The van der Waals surface area contributed by atoms with Crippen LogP contribution in [0.4, 0.5) is 0 Å². The number of hydrogen-bond donors (Lipinski definition) is 0. The third kappa shape index (κ3) is 5.41. The molecule has 0 saturated carbocycles. The summed E-state index contributed by atoms with van der Waals surface area (Å²) < 4.78 is 5.34. The molecule has 3 fully saturated rings. The molecule has 3 aliphatic rings. The van der Waals surface area contributed by atoms with Crippen LogP contribution in [0, 0.1) is 0 Å². The molecule has 3 aliphatic heterocycles. The van der Waals surface area contributed by atoms with Crippen LogP contribution in [0.5, 0.6) is 0 Å². The van der Waals surface area contributed by atoms with E-state index >= 15 is 0 Å². The Hall–Kier alpha value is -0.690. The number of amides is 1. The van der Waals surface area contributed by atoms with E-state index < -0.39 is 0 Å². The third-order valence-electron chi connectivity index (χ3n) is 5.37. The number of rotatable bonds is 5. The fourth-order valence-corrected chi connectivity index (χ4v) is 3.74. The van der Waals surface area contributed by atoms with Gasteiger partial charge in [-0.3, -0.25) is 14.6 Å². The second-order valence-corrected chi connectivity index (χ2v) is 7.01. The lowest BCUT2D eigenvalue weighted by Gasteiger charge is -2.37. The van der Waals surface area contributed by atoms with E-state index in [2.05, 4.69) is 14.7 Å². The van der Waals surface area contributed by atoms with Gasteiger partial charge in [-0.1, -0.05) is 6.42 Å². The highest BCUT2D eigenvalue weighted by atomic mass is 16.5. The summed E-state index contributed by atoms with van der Waals surface area (Å²) in [6.45, 7) is 12.6. The molecule has 0 bridgehead atoms. The minimum atomic E-state index is 0.294. The van der Waals surface area contributed by atoms with Crippen LogP contribution in [0.3, 0.4) is 0 Å². The van der Waals surface area contributed by atoms with Crippen LogP contribution < -0.4 is 0 Å². The number of piperidine rings is 1. The van der Waals surface area contributed by atoms with Crippen molar-refractivity contribution < 1.29 is 9.53 Å². The second-order valence-electron chi connectivity index (χ2n) is 7.01. The maximum absolute atomic E-state index is 12.4. The van der Waals surface area contributed by atoms with Crippen molar-refractivity contribution in [2.45, 2.75) is 19.3 Å². The molecule has 23 heavy (non-hydrogen) atoms. The van der Waals surface area contributed by atoms with Gasteiger partial charge in [-0.2, -0.15) is 0 Å². The highest BCUT2D eigenvalue weighted by Crippen LogP contribution is 2.09. The van der Waals surface area contributed by atoms with E-state index in [4.69, 9.17) is 4.74 Å². The Labute approximate surface area is 140 Å². The zero-order valence-corrected chi connectivity index (χ0v) is 14.4. The molecule has 0 N–H and O–H groups in total. The molecule has 0 atom stereocenters. The van der Waals surface area contributed by atoms with Crippen molar-refractivity contribution in [2.24, 2.45) is 0 Å². The normalized spacial score (nSPS) is 25.7. The molecule has 6 nitrogen and oxygen atoms in total. The van der Waals surface area contributed by atoms with Crippen LogP contribution in [0.1, 0.15) is 19.3 Å². The molecule has 0 spiro atoms. The SMILES string of the molecule is O=C(CN1CCOCC1)N1CCN(CCN2CCCCC2)CC1. The summed E-state index contributed by atoms with van der Waals surface area (Å²) >= 11 is 0. The molecule has 132 valence electrons. The van der Waals surface area contributed by atoms with E-state index in [0.717, 1.165) is 59.0 Å². The first-order chi connectivity index (χ1) is 11.3. The minimum absolute atomic E-state index is 0.294. The molecular formula is C17H32N4O2. The number of likely N-dealkylation sites (tertiary alicyclic amines) is 1. The maximum Gasteiger partial charge on any atom is 0.236 e. The Morgan fingerprint density at radius 3 is 1.96 bits per heavy atom. The van der Waals surface area contributed by atoms with E-state index in [9.17, 15) is 4.79 Å². The molecular weight excluding hydrogens is 292 g/mol. The van der Waals surface area contributed by atoms with Gasteiger partial charge < -0.3 is 14.5 Å². The first-order valence-electron chi connectivity index (χ1n) is 9.34. The lowest BCUT2D eigenvalue weighted by molar-refractivity contribution is -0.135. The summed E-state index contributed by atoms with van der Waals surface area (Å²) in [7, 11) is 0. The topological polar surface area (TPSA) is 39.3 Å². The molecule has 3 saturated heterocycles. The number of nitrogens with zero attached hydrogens (tertiary/aromatic N) is 4.